The number of rotatable bonds is 4. The highest BCUT2D eigenvalue weighted by Gasteiger charge is 2.26. The number of hydrogen-bond acceptors (Lipinski definition) is 5. The van der Waals surface area contributed by atoms with E-state index in [-0.39, 0.29) is 10.8 Å². The van der Waals surface area contributed by atoms with Crippen molar-refractivity contribution in [3.05, 3.63) is 11.6 Å². The fourth-order valence-electron chi connectivity index (χ4n) is 3.09. The molecule has 3 rings (SSSR count). The Hall–Kier alpha value is -1.12. The van der Waals surface area contributed by atoms with E-state index in [2.05, 4.69) is 16.6 Å². The average Bonchev–Trinajstić information content (AvgIpc) is 2.96. The normalized spacial score (nSPS) is 23.7. The first-order valence-corrected chi connectivity index (χ1v) is 9.54. The van der Waals surface area contributed by atoms with Crippen molar-refractivity contribution < 1.29 is 8.42 Å². The van der Waals surface area contributed by atoms with Crippen LogP contribution in [0.2, 0.25) is 0 Å². The third kappa shape index (κ3) is 2.93. The highest BCUT2D eigenvalue weighted by molar-refractivity contribution is 7.89. The van der Waals surface area contributed by atoms with E-state index in [1.165, 1.54) is 28.6 Å². The van der Waals surface area contributed by atoms with Crippen LogP contribution in [0.4, 0.5) is 5.82 Å². The molecule has 0 saturated heterocycles. The van der Waals surface area contributed by atoms with E-state index in [9.17, 15) is 8.42 Å². The van der Waals surface area contributed by atoms with E-state index in [0.717, 1.165) is 12.8 Å². The van der Waals surface area contributed by atoms with E-state index in [1.54, 1.807) is 11.6 Å². The predicted molar refractivity (Wildman–Crippen MR) is 83.8 cm³/mol. The Labute approximate surface area is 128 Å². The summed E-state index contributed by atoms with van der Waals surface area (Å²) in [6, 6.07) is 0. The summed E-state index contributed by atoms with van der Waals surface area (Å²) < 4.78 is 29.2. The van der Waals surface area contributed by atoms with Crippen molar-refractivity contribution in [3.8, 4) is 0 Å². The fraction of sp³-hybridized carbons (Fsp3) is 0.615. The number of sulfonamides is 1. The number of nitrogens with one attached hydrogen (secondary N) is 1. The molecule has 0 amide bonds. The molecule has 2 atom stereocenters. The van der Waals surface area contributed by atoms with E-state index >= 15 is 0 Å². The maximum atomic E-state index is 12.5. The summed E-state index contributed by atoms with van der Waals surface area (Å²) in [5, 5.41) is 1.85. The molecule has 0 aliphatic heterocycles. The van der Waals surface area contributed by atoms with Crippen LogP contribution < -0.4 is 10.5 Å². The van der Waals surface area contributed by atoms with Crippen LogP contribution in [-0.4, -0.2) is 24.3 Å². The fourth-order valence-corrected chi connectivity index (χ4v) is 5.19. The highest BCUT2D eigenvalue weighted by Crippen LogP contribution is 2.29. The Kier molecular flexibility index (Phi) is 3.94. The van der Waals surface area contributed by atoms with Crippen molar-refractivity contribution in [3.63, 3.8) is 0 Å². The summed E-state index contributed by atoms with van der Waals surface area (Å²) in [5.41, 5.74) is 5.77. The van der Waals surface area contributed by atoms with Crippen LogP contribution in [0.25, 0.3) is 4.96 Å². The minimum Gasteiger partial charge on any atom is -0.381 e. The van der Waals surface area contributed by atoms with E-state index in [4.69, 9.17) is 5.73 Å². The molecule has 1 aliphatic rings. The van der Waals surface area contributed by atoms with Crippen LogP contribution in [-0.2, 0) is 10.0 Å². The van der Waals surface area contributed by atoms with Crippen LogP contribution in [0, 0.1) is 11.8 Å². The number of anilines is 1. The lowest BCUT2D eigenvalue weighted by molar-refractivity contribution is 0.283. The SMILES string of the molecule is CC1CCCC(CNS(=O)(=O)c2c(N)nc3sccn23)C1. The number of nitrogens with zero attached hydrogens (tertiary/aromatic N) is 2. The molecule has 116 valence electrons. The number of nitrogens with two attached hydrogens (primary N) is 1. The summed E-state index contributed by atoms with van der Waals surface area (Å²) in [4.78, 5) is 4.68. The lowest BCUT2D eigenvalue weighted by Gasteiger charge is -2.26. The van der Waals surface area contributed by atoms with E-state index < -0.39 is 10.0 Å². The number of nitrogen functional groups attached to an aromatic ring is 1. The summed E-state index contributed by atoms with van der Waals surface area (Å²) in [7, 11) is -3.63. The first-order valence-electron chi connectivity index (χ1n) is 7.18. The predicted octanol–water partition coefficient (Wildman–Crippen LogP) is 2.08. The van der Waals surface area contributed by atoms with Gasteiger partial charge >= 0.3 is 0 Å². The molecule has 6 nitrogen and oxygen atoms in total. The maximum absolute atomic E-state index is 12.5. The topological polar surface area (TPSA) is 89.5 Å². The highest BCUT2D eigenvalue weighted by atomic mass is 32.2. The monoisotopic (exact) mass is 328 g/mol. The third-order valence-corrected chi connectivity index (χ3v) is 6.32. The number of fused-ring (bicyclic) bond motifs is 1. The van der Waals surface area contributed by atoms with Crippen LogP contribution in [0.1, 0.15) is 32.6 Å². The second-order valence-corrected chi connectivity index (χ2v) is 8.40. The van der Waals surface area contributed by atoms with Crippen molar-refractivity contribution in [2.45, 2.75) is 37.6 Å². The Balaban J connectivity index is 1.77. The molecule has 1 saturated carbocycles. The smallest absolute Gasteiger partial charge is 0.260 e. The van der Waals surface area contributed by atoms with Gasteiger partial charge in [0.05, 0.1) is 0 Å². The van der Waals surface area contributed by atoms with Crippen molar-refractivity contribution in [1.29, 1.82) is 0 Å². The largest absolute Gasteiger partial charge is 0.381 e. The lowest BCUT2D eigenvalue weighted by atomic mass is 9.83. The van der Waals surface area contributed by atoms with Gasteiger partial charge in [0.15, 0.2) is 15.8 Å². The van der Waals surface area contributed by atoms with Gasteiger partial charge in [-0.2, -0.15) is 0 Å². The van der Waals surface area contributed by atoms with E-state index in [1.807, 2.05) is 0 Å². The van der Waals surface area contributed by atoms with Crippen molar-refractivity contribution in [2.75, 3.05) is 12.3 Å². The zero-order valence-electron chi connectivity index (χ0n) is 11.9. The molecule has 0 aromatic carbocycles. The van der Waals surface area contributed by atoms with Gasteiger partial charge in [0.2, 0.25) is 0 Å². The molecule has 0 radical (unpaired) electrons. The minimum atomic E-state index is -3.63. The zero-order valence-corrected chi connectivity index (χ0v) is 13.6. The molecular weight excluding hydrogens is 308 g/mol. The molecule has 2 unspecified atom stereocenters. The van der Waals surface area contributed by atoms with Gasteiger partial charge in [0.25, 0.3) is 10.0 Å². The lowest BCUT2D eigenvalue weighted by Crippen LogP contribution is -2.32. The summed E-state index contributed by atoms with van der Waals surface area (Å²) in [5.74, 6) is 1.15. The Morgan fingerprint density at radius 2 is 2.33 bits per heavy atom. The van der Waals surface area contributed by atoms with Gasteiger partial charge in [-0.3, -0.25) is 4.40 Å². The molecule has 2 aromatic heterocycles. The van der Waals surface area contributed by atoms with Gasteiger partial charge in [0, 0.05) is 18.1 Å². The standard InChI is InChI=1S/C13H20N4O2S2/c1-9-3-2-4-10(7-9)8-15-21(18,19)12-11(14)16-13-17(12)5-6-20-13/h5-6,9-10,15H,2-4,7-8,14H2,1H3. The van der Waals surface area contributed by atoms with Gasteiger partial charge in [0.1, 0.15) is 0 Å². The first kappa shape index (κ1) is 14.8. The second-order valence-electron chi connectivity index (χ2n) is 5.85. The molecule has 2 aromatic rings. The minimum absolute atomic E-state index is 0.0580. The molecule has 1 fully saturated rings. The summed E-state index contributed by atoms with van der Waals surface area (Å²) in [6.07, 6.45) is 6.27. The summed E-state index contributed by atoms with van der Waals surface area (Å²) in [6.45, 7) is 2.70. The molecule has 3 N–H and O–H groups in total. The Morgan fingerprint density at radius 1 is 1.52 bits per heavy atom. The van der Waals surface area contributed by atoms with Crippen LogP contribution in [0.15, 0.2) is 16.6 Å². The van der Waals surface area contributed by atoms with Crippen molar-refractivity contribution >= 4 is 32.1 Å². The van der Waals surface area contributed by atoms with Gasteiger partial charge in [-0.25, -0.2) is 18.1 Å². The molecular formula is C13H20N4O2S2. The molecule has 0 bridgehead atoms. The number of hydrogen-bond donors (Lipinski definition) is 2. The quantitative estimate of drug-likeness (QED) is 0.899. The second kappa shape index (κ2) is 5.58. The average molecular weight is 328 g/mol. The van der Waals surface area contributed by atoms with Gasteiger partial charge < -0.3 is 5.73 Å². The third-order valence-electron chi connectivity index (χ3n) is 4.11. The molecule has 8 heteroatoms. The Morgan fingerprint density at radius 3 is 3.10 bits per heavy atom. The molecule has 1 aliphatic carbocycles. The van der Waals surface area contributed by atoms with Gasteiger partial charge in [-0.15, -0.1) is 11.3 Å². The van der Waals surface area contributed by atoms with Crippen molar-refractivity contribution in [1.82, 2.24) is 14.1 Å². The number of thiazole rings is 1. The number of aromatic nitrogens is 2. The Bertz CT molecular complexity index is 735. The first-order chi connectivity index (χ1) is 9.97. The van der Waals surface area contributed by atoms with Gasteiger partial charge in [-0.1, -0.05) is 19.8 Å². The van der Waals surface area contributed by atoms with E-state index in [0.29, 0.717) is 23.3 Å². The van der Waals surface area contributed by atoms with Crippen LogP contribution in [0.5, 0.6) is 0 Å². The maximum Gasteiger partial charge on any atom is 0.260 e. The van der Waals surface area contributed by atoms with Gasteiger partial charge in [-0.05, 0) is 24.7 Å². The molecule has 0 spiro atoms. The number of imidazole rings is 1. The van der Waals surface area contributed by atoms with Crippen molar-refractivity contribution in [2.24, 2.45) is 11.8 Å². The summed E-state index contributed by atoms with van der Waals surface area (Å²) >= 11 is 1.36. The van der Waals surface area contributed by atoms with Crippen LogP contribution in [0.3, 0.4) is 0 Å². The molecule has 2 heterocycles. The molecule has 21 heavy (non-hydrogen) atoms. The van der Waals surface area contributed by atoms with Crippen LogP contribution >= 0.6 is 11.3 Å². The zero-order chi connectivity index (χ0) is 15.0.